The number of ketones is 1. The molecule has 1 unspecified atom stereocenters. The summed E-state index contributed by atoms with van der Waals surface area (Å²) in [4.78, 5) is 33.2. The van der Waals surface area contributed by atoms with Gasteiger partial charge in [-0.15, -0.1) is 0 Å². The molecule has 7 atom stereocenters. The molecule has 0 aromatic carbocycles. The highest BCUT2D eigenvalue weighted by Gasteiger charge is 2.59. The molecule has 7 nitrogen and oxygen atoms in total. The Hall–Kier alpha value is -1.73. The highest BCUT2D eigenvalue weighted by molar-refractivity contribution is 5.91. The maximum atomic E-state index is 13.4. The van der Waals surface area contributed by atoms with Gasteiger partial charge in [-0.3, -0.25) is 14.5 Å². The summed E-state index contributed by atoms with van der Waals surface area (Å²) in [5.74, 6) is 2.78. The zero-order valence-corrected chi connectivity index (χ0v) is 27.2. The van der Waals surface area contributed by atoms with Crippen LogP contribution in [0.1, 0.15) is 92.4 Å². The monoisotopic (exact) mass is 569 g/mol. The quantitative estimate of drug-likeness (QED) is 0.176. The van der Waals surface area contributed by atoms with E-state index in [-0.39, 0.29) is 28.4 Å². The minimum atomic E-state index is -0.320. The van der Waals surface area contributed by atoms with Gasteiger partial charge in [0.25, 0.3) is 0 Å². The van der Waals surface area contributed by atoms with Crippen molar-refractivity contribution in [3.8, 4) is 0 Å². The third-order valence-electron chi connectivity index (χ3n) is 12.1. The number of fused-ring (bicyclic) bond motifs is 5. The zero-order chi connectivity index (χ0) is 29.8. The van der Waals surface area contributed by atoms with Crippen LogP contribution in [0.25, 0.3) is 0 Å². The van der Waals surface area contributed by atoms with E-state index in [4.69, 9.17) is 4.84 Å². The van der Waals surface area contributed by atoms with Crippen LogP contribution in [0, 0.1) is 39.9 Å². The van der Waals surface area contributed by atoms with Gasteiger partial charge in [-0.1, -0.05) is 38.4 Å². The Morgan fingerprint density at radius 1 is 1.07 bits per heavy atom. The number of hydrogen-bond acceptors (Lipinski definition) is 5. The number of likely N-dealkylation sites (N-methyl/N-ethyl adjacent to an activating group) is 1. The van der Waals surface area contributed by atoms with Crippen molar-refractivity contribution >= 4 is 17.6 Å². The molecule has 7 heteroatoms. The van der Waals surface area contributed by atoms with Crippen LogP contribution < -0.4 is 5.32 Å². The molecule has 230 valence electrons. The topological polar surface area (TPSA) is 71.0 Å². The fourth-order valence-electron chi connectivity index (χ4n) is 9.78. The normalized spacial score (nSPS) is 38.5. The van der Waals surface area contributed by atoms with Crippen LogP contribution in [-0.4, -0.2) is 80.3 Å². The van der Waals surface area contributed by atoms with E-state index < -0.39 is 0 Å². The van der Waals surface area contributed by atoms with Crippen LogP contribution in [0.4, 0.5) is 4.79 Å². The van der Waals surface area contributed by atoms with Crippen molar-refractivity contribution in [2.75, 3.05) is 47.3 Å². The Balaban J connectivity index is 1.25. The second-order valence-electron chi connectivity index (χ2n) is 16.6. The molecule has 3 saturated carbocycles. The average molecular weight is 570 g/mol. The predicted octanol–water partition coefficient (Wildman–Crippen LogP) is 6.04. The van der Waals surface area contributed by atoms with Gasteiger partial charge in [-0.05, 0) is 98.4 Å². The van der Waals surface area contributed by atoms with E-state index in [1.807, 2.05) is 11.0 Å². The van der Waals surface area contributed by atoms with Crippen LogP contribution in [0.15, 0.2) is 16.8 Å². The zero-order valence-electron chi connectivity index (χ0n) is 27.2. The molecule has 0 aromatic rings. The number of rotatable bonds is 7. The van der Waals surface area contributed by atoms with Gasteiger partial charge >= 0.3 is 6.09 Å². The molecule has 0 radical (unpaired) electrons. The Bertz CT molecular complexity index is 1090. The molecule has 0 spiro atoms. The summed E-state index contributed by atoms with van der Waals surface area (Å²) in [6.45, 7) is 14.8. The van der Waals surface area contributed by atoms with Crippen molar-refractivity contribution in [2.45, 2.75) is 98.4 Å². The summed E-state index contributed by atoms with van der Waals surface area (Å²) in [6, 6.07) is 0.287. The maximum absolute atomic E-state index is 13.4. The lowest BCUT2D eigenvalue weighted by Gasteiger charge is -2.58. The van der Waals surface area contributed by atoms with Gasteiger partial charge in [0.05, 0.1) is 39.9 Å². The summed E-state index contributed by atoms with van der Waals surface area (Å²) in [6.07, 6.45) is 11.6. The number of oxime groups is 1. The molecule has 1 aliphatic heterocycles. The van der Waals surface area contributed by atoms with E-state index >= 15 is 0 Å². The molecule has 1 saturated heterocycles. The Labute approximate surface area is 249 Å². The van der Waals surface area contributed by atoms with Crippen LogP contribution in [0.2, 0.25) is 0 Å². The van der Waals surface area contributed by atoms with Crippen LogP contribution >= 0.6 is 0 Å². The van der Waals surface area contributed by atoms with Gasteiger partial charge in [0.15, 0.2) is 5.78 Å². The number of amides is 1. The van der Waals surface area contributed by atoms with E-state index in [1.165, 1.54) is 31.3 Å². The molecule has 1 N–H and O–H groups in total. The molecule has 41 heavy (non-hydrogen) atoms. The molecule has 4 aliphatic carbocycles. The number of nitrogens with zero attached hydrogens (tertiary/aromatic N) is 3. The highest BCUT2D eigenvalue weighted by Crippen LogP contribution is 2.66. The first-order valence-electron chi connectivity index (χ1n) is 16.4. The van der Waals surface area contributed by atoms with Crippen molar-refractivity contribution in [3.63, 3.8) is 0 Å². The van der Waals surface area contributed by atoms with Crippen molar-refractivity contribution < 1.29 is 18.9 Å². The summed E-state index contributed by atoms with van der Waals surface area (Å²) in [5.41, 5.74) is 3.08. The van der Waals surface area contributed by atoms with Gasteiger partial charge in [0.1, 0.15) is 0 Å². The molecule has 4 fully saturated rings. The van der Waals surface area contributed by atoms with E-state index in [0.29, 0.717) is 43.0 Å². The molecule has 5 aliphatic rings. The third kappa shape index (κ3) is 6.18. The predicted molar refractivity (Wildman–Crippen MR) is 164 cm³/mol. The molecule has 0 aromatic heterocycles. The lowest BCUT2D eigenvalue weighted by molar-refractivity contribution is -0.869. The number of quaternary nitrogens is 1. The van der Waals surface area contributed by atoms with Crippen LogP contribution in [-0.2, 0) is 9.63 Å². The van der Waals surface area contributed by atoms with Crippen LogP contribution in [0.5, 0.6) is 0 Å². The maximum Gasteiger partial charge on any atom is 0.436 e. The molecular weight excluding hydrogens is 512 g/mol. The lowest BCUT2D eigenvalue weighted by Crippen LogP contribution is -2.51. The number of carbonyl (C=O) groups excluding carboxylic acids is 2. The van der Waals surface area contributed by atoms with Gasteiger partial charge in [-0.25, -0.2) is 4.79 Å². The van der Waals surface area contributed by atoms with E-state index in [9.17, 15) is 9.59 Å². The number of hydrogen-bond donors (Lipinski definition) is 1. The van der Waals surface area contributed by atoms with Crippen molar-refractivity contribution in [1.82, 2.24) is 10.2 Å². The molecule has 1 amide bonds. The average Bonchev–Trinajstić information content (AvgIpc) is 3.42. The van der Waals surface area contributed by atoms with Crippen molar-refractivity contribution in [3.05, 3.63) is 11.6 Å². The fraction of sp³-hybridized carbons (Fsp3) is 0.853. The summed E-state index contributed by atoms with van der Waals surface area (Å²) < 4.78 is 0.798. The molecule has 0 bridgehead atoms. The second kappa shape index (κ2) is 11.1. The van der Waals surface area contributed by atoms with E-state index in [1.54, 1.807) is 0 Å². The second-order valence-corrected chi connectivity index (χ2v) is 16.6. The molecular formula is C34H57N4O3+. The molecule has 1 heterocycles. The van der Waals surface area contributed by atoms with Gasteiger partial charge in [-0.2, -0.15) is 0 Å². The van der Waals surface area contributed by atoms with Crippen molar-refractivity contribution in [1.29, 1.82) is 0 Å². The first kappa shape index (κ1) is 30.7. The summed E-state index contributed by atoms with van der Waals surface area (Å²) in [7, 11) is 6.48. The van der Waals surface area contributed by atoms with Gasteiger partial charge < -0.3 is 9.80 Å². The Kier molecular flexibility index (Phi) is 8.30. The number of carbonyl (C=O) groups is 2. The SMILES string of the molecule is C/C(=N\OC(=O)N(CC[N+](C)(C)C)CC1CC(C)(C)CN1)[C@H]1CC[C@H]2[C@@H]3CCC4=CC(=O)CC[C@]4(C)[C@H]3CC[C@]12C. The first-order valence-corrected chi connectivity index (χ1v) is 16.4. The third-order valence-corrected chi connectivity index (χ3v) is 12.1. The molecule has 5 rings (SSSR count). The Morgan fingerprint density at radius 3 is 2.51 bits per heavy atom. The highest BCUT2D eigenvalue weighted by atomic mass is 16.7. The first-order chi connectivity index (χ1) is 19.1. The van der Waals surface area contributed by atoms with Gasteiger partial charge in [0.2, 0.25) is 0 Å². The van der Waals surface area contributed by atoms with Crippen LogP contribution in [0.3, 0.4) is 0 Å². The fourth-order valence-corrected chi connectivity index (χ4v) is 9.78. The number of nitrogens with one attached hydrogen (secondary N) is 1. The largest absolute Gasteiger partial charge is 0.436 e. The summed E-state index contributed by atoms with van der Waals surface area (Å²) in [5, 5.41) is 8.17. The van der Waals surface area contributed by atoms with E-state index in [0.717, 1.165) is 54.9 Å². The smallest absolute Gasteiger partial charge is 0.329 e. The summed E-state index contributed by atoms with van der Waals surface area (Å²) >= 11 is 0. The van der Waals surface area contributed by atoms with Crippen molar-refractivity contribution in [2.24, 2.45) is 45.1 Å². The van der Waals surface area contributed by atoms with Gasteiger partial charge in [0, 0.05) is 31.5 Å². The minimum absolute atomic E-state index is 0.200. The minimum Gasteiger partial charge on any atom is -0.329 e. The Morgan fingerprint density at radius 2 is 1.83 bits per heavy atom. The lowest BCUT2D eigenvalue weighted by atomic mass is 9.46. The number of allylic oxidation sites excluding steroid dienone is 1. The van der Waals surface area contributed by atoms with E-state index in [2.05, 4.69) is 66.2 Å². The standard InChI is InChI=1S/C34H57N4O3/c1-23(36-41-31(40)37(17-18-38(6,7)8)21-25-20-32(2,3)22-35-25)28-11-12-29-27-10-9-24-19-26(39)13-15-33(24,4)30(27)14-16-34(28,29)5/h19,25,27-30,35H,9-18,20-22H2,1-8H3/q+1/b36-23+/t25?,27-,28+,29-,30-,33-,34+/m0/s1.